The molecule has 0 saturated carbocycles. The van der Waals surface area contributed by atoms with Gasteiger partial charge in [0.25, 0.3) is 5.91 Å². The van der Waals surface area contributed by atoms with Crippen molar-refractivity contribution in [3.8, 4) is 0 Å². The number of piperidine rings is 2. The molecule has 0 bridgehead atoms. The summed E-state index contributed by atoms with van der Waals surface area (Å²) in [6, 6.07) is 0.722. The largest absolute Gasteiger partial charge is 0.336 e. The summed E-state index contributed by atoms with van der Waals surface area (Å²) in [5, 5.41) is 7.82. The standard InChI is InChI=1S/C16H26N4O/c1-12-5-7-19(13(2)8-12)16(21)14-9-18-20(11-14)15-4-3-6-17-10-15/h9,11-13,15,17H,3-8,10H2,1-2H3/t12-,13-,15?/m1/s1. The van der Waals surface area contributed by atoms with Crippen LogP contribution < -0.4 is 5.32 Å². The van der Waals surface area contributed by atoms with Crippen molar-refractivity contribution in [3.05, 3.63) is 18.0 Å². The normalized spacial score (nSPS) is 30.4. The van der Waals surface area contributed by atoms with E-state index in [1.165, 1.54) is 6.42 Å². The van der Waals surface area contributed by atoms with Gasteiger partial charge in [-0.05, 0) is 45.1 Å². The number of nitrogens with zero attached hydrogens (tertiary/aromatic N) is 3. The molecule has 2 fully saturated rings. The molecule has 1 unspecified atom stereocenters. The Bertz CT molecular complexity index is 492. The second-order valence-corrected chi connectivity index (χ2v) is 6.69. The number of carbonyl (C=O) groups is 1. The first-order chi connectivity index (χ1) is 10.1. The fourth-order valence-corrected chi connectivity index (χ4v) is 3.58. The van der Waals surface area contributed by atoms with Crippen molar-refractivity contribution in [1.29, 1.82) is 0 Å². The Kier molecular flexibility index (Phi) is 4.29. The lowest BCUT2D eigenvalue weighted by Gasteiger charge is -2.36. The Morgan fingerprint density at radius 2 is 2.24 bits per heavy atom. The van der Waals surface area contributed by atoms with E-state index in [0.717, 1.165) is 50.4 Å². The molecular formula is C16H26N4O. The Balaban J connectivity index is 1.69. The average Bonchev–Trinajstić information content (AvgIpc) is 2.97. The predicted octanol–water partition coefficient (Wildman–Crippen LogP) is 2.07. The molecule has 3 atom stereocenters. The molecule has 1 aromatic heterocycles. The molecule has 3 heterocycles. The minimum absolute atomic E-state index is 0.143. The van der Waals surface area contributed by atoms with E-state index in [-0.39, 0.29) is 5.91 Å². The van der Waals surface area contributed by atoms with Crippen LogP contribution in [0.1, 0.15) is 55.9 Å². The second-order valence-electron chi connectivity index (χ2n) is 6.69. The van der Waals surface area contributed by atoms with Crippen LogP contribution in [0.4, 0.5) is 0 Å². The molecule has 5 nitrogen and oxygen atoms in total. The SMILES string of the molecule is C[C@@H]1CCN(C(=O)c2cnn(C3CCCNC3)c2)[C@H](C)C1. The van der Waals surface area contributed by atoms with Gasteiger partial charge in [-0.2, -0.15) is 5.10 Å². The summed E-state index contributed by atoms with van der Waals surface area (Å²) in [6.07, 6.45) is 8.20. The van der Waals surface area contributed by atoms with E-state index >= 15 is 0 Å². The van der Waals surface area contributed by atoms with Gasteiger partial charge < -0.3 is 10.2 Å². The van der Waals surface area contributed by atoms with Gasteiger partial charge in [-0.15, -0.1) is 0 Å². The summed E-state index contributed by atoms with van der Waals surface area (Å²) in [5.41, 5.74) is 0.738. The van der Waals surface area contributed by atoms with Crippen LogP contribution in [0.15, 0.2) is 12.4 Å². The van der Waals surface area contributed by atoms with Crippen molar-refractivity contribution in [2.75, 3.05) is 19.6 Å². The highest BCUT2D eigenvalue weighted by Gasteiger charge is 2.28. The van der Waals surface area contributed by atoms with Gasteiger partial charge >= 0.3 is 0 Å². The molecule has 1 aromatic rings. The smallest absolute Gasteiger partial charge is 0.257 e. The Hall–Kier alpha value is -1.36. The summed E-state index contributed by atoms with van der Waals surface area (Å²) in [4.78, 5) is 14.7. The fraction of sp³-hybridized carbons (Fsp3) is 0.750. The van der Waals surface area contributed by atoms with Gasteiger partial charge in [-0.1, -0.05) is 6.92 Å². The molecule has 3 rings (SSSR count). The van der Waals surface area contributed by atoms with Crippen LogP contribution in [0.2, 0.25) is 0 Å². The highest BCUT2D eigenvalue weighted by atomic mass is 16.2. The first-order valence-electron chi connectivity index (χ1n) is 8.21. The number of aromatic nitrogens is 2. The van der Waals surface area contributed by atoms with E-state index in [0.29, 0.717) is 12.1 Å². The summed E-state index contributed by atoms with van der Waals surface area (Å²) < 4.78 is 1.97. The monoisotopic (exact) mass is 290 g/mol. The van der Waals surface area contributed by atoms with Crippen LogP contribution in [0.3, 0.4) is 0 Å². The molecule has 0 aromatic carbocycles. The Labute approximate surface area is 126 Å². The molecule has 5 heteroatoms. The Morgan fingerprint density at radius 1 is 1.38 bits per heavy atom. The van der Waals surface area contributed by atoms with Crippen LogP contribution in [-0.4, -0.2) is 46.3 Å². The fourth-order valence-electron chi connectivity index (χ4n) is 3.58. The van der Waals surface area contributed by atoms with Gasteiger partial charge in [0.2, 0.25) is 0 Å². The first kappa shape index (κ1) is 14.6. The lowest BCUT2D eigenvalue weighted by molar-refractivity contribution is 0.0588. The molecule has 21 heavy (non-hydrogen) atoms. The van der Waals surface area contributed by atoms with Crippen molar-refractivity contribution in [2.24, 2.45) is 5.92 Å². The third-order valence-corrected chi connectivity index (χ3v) is 4.89. The molecule has 2 saturated heterocycles. The molecule has 0 aliphatic carbocycles. The van der Waals surface area contributed by atoms with Crippen molar-refractivity contribution in [3.63, 3.8) is 0 Å². The van der Waals surface area contributed by atoms with E-state index in [9.17, 15) is 4.79 Å². The van der Waals surface area contributed by atoms with Crippen molar-refractivity contribution in [1.82, 2.24) is 20.0 Å². The highest BCUT2D eigenvalue weighted by molar-refractivity contribution is 5.94. The highest BCUT2D eigenvalue weighted by Crippen LogP contribution is 2.24. The molecule has 1 amide bonds. The molecule has 2 aliphatic rings. The predicted molar refractivity (Wildman–Crippen MR) is 82.3 cm³/mol. The zero-order valence-electron chi connectivity index (χ0n) is 13.1. The molecule has 116 valence electrons. The summed E-state index contributed by atoms with van der Waals surface area (Å²) in [7, 11) is 0. The van der Waals surface area contributed by atoms with Gasteiger partial charge in [-0.25, -0.2) is 0 Å². The zero-order chi connectivity index (χ0) is 14.8. The summed E-state index contributed by atoms with van der Waals surface area (Å²) in [6.45, 7) is 7.34. The van der Waals surface area contributed by atoms with Gasteiger partial charge in [0.05, 0.1) is 17.8 Å². The summed E-state index contributed by atoms with van der Waals surface area (Å²) in [5.74, 6) is 0.865. The van der Waals surface area contributed by atoms with Gasteiger partial charge in [0.1, 0.15) is 0 Å². The molecule has 0 spiro atoms. The van der Waals surface area contributed by atoms with Crippen molar-refractivity contribution in [2.45, 2.75) is 51.6 Å². The number of nitrogens with one attached hydrogen (secondary N) is 1. The first-order valence-corrected chi connectivity index (χ1v) is 8.21. The molecular weight excluding hydrogens is 264 g/mol. The van der Waals surface area contributed by atoms with Crippen LogP contribution in [-0.2, 0) is 0 Å². The molecule has 1 N–H and O–H groups in total. The Morgan fingerprint density at radius 3 is 2.95 bits per heavy atom. The van der Waals surface area contributed by atoms with E-state index in [1.807, 2.05) is 15.8 Å². The number of rotatable bonds is 2. The topological polar surface area (TPSA) is 50.2 Å². The minimum atomic E-state index is 0.143. The number of amides is 1. The number of carbonyl (C=O) groups excluding carboxylic acids is 1. The van der Waals surface area contributed by atoms with Crippen LogP contribution >= 0.6 is 0 Å². The minimum Gasteiger partial charge on any atom is -0.336 e. The lowest BCUT2D eigenvalue weighted by Crippen LogP contribution is -2.44. The number of hydrogen-bond acceptors (Lipinski definition) is 3. The summed E-state index contributed by atoms with van der Waals surface area (Å²) >= 11 is 0. The average molecular weight is 290 g/mol. The van der Waals surface area contributed by atoms with Crippen molar-refractivity contribution < 1.29 is 4.79 Å². The third kappa shape index (κ3) is 3.12. The van der Waals surface area contributed by atoms with E-state index in [2.05, 4.69) is 24.3 Å². The van der Waals surface area contributed by atoms with Gasteiger partial charge in [0, 0.05) is 25.3 Å². The molecule has 2 aliphatic heterocycles. The van der Waals surface area contributed by atoms with E-state index in [4.69, 9.17) is 0 Å². The maximum absolute atomic E-state index is 12.7. The van der Waals surface area contributed by atoms with Crippen LogP contribution in [0, 0.1) is 5.92 Å². The maximum atomic E-state index is 12.7. The number of hydrogen-bond donors (Lipinski definition) is 1. The maximum Gasteiger partial charge on any atom is 0.257 e. The van der Waals surface area contributed by atoms with E-state index in [1.54, 1.807) is 6.20 Å². The third-order valence-electron chi connectivity index (χ3n) is 4.89. The lowest BCUT2D eigenvalue weighted by atomic mass is 9.93. The second kappa shape index (κ2) is 6.18. The molecule has 0 radical (unpaired) electrons. The number of likely N-dealkylation sites (tertiary alicyclic amines) is 1. The van der Waals surface area contributed by atoms with Crippen LogP contribution in [0.5, 0.6) is 0 Å². The zero-order valence-corrected chi connectivity index (χ0v) is 13.1. The quantitative estimate of drug-likeness (QED) is 0.907. The van der Waals surface area contributed by atoms with Gasteiger partial charge in [0.15, 0.2) is 0 Å². The van der Waals surface area contributed by atoms with Crippen molar-refractivity contribution >= 4 is 5.91 Å². The van der Waals surface area contributed by atoms with Gasteiger partial charge in [-0.3, -0.25) is 9.48 Å². The van der Waals surface area contributed by atoms with E-state index < -0.39 is 0 Å². The van der Waals surface area contributed by atoms with Crippen LogP contribution in [0.25, 0.3) is 0 Å².